The molecule has 2 heterocycles. The predicted octanol–water partition coefficient (Wildman–Crippen LogP) is 1.16. The molecule has 0 aromatic heterocycles. The standard InChI is InChI=1S/C16H20N2O4S/c1-11-3-2-4-13(7-11)22-9-12(19)8-18-14(20)16(17-15(18)21)5-6-23-10-16/h2-4,7,12,19H,5-6,8-10H2,1H3,(H,17,21). The topological polar surface area (TPSA) is 78.9 Å². The maximum absolute atomic E-state index is 12.5. The maximum atomic E-state index is 12.5. The number of amides is 3. The van der Waals surface area contributed by atoms with E-state index in [0.717, 1.165) is 16.2 Å². The SMILES string of the molecule is Cc1cccc(OCC(O)CN2C(=O)NC3(CCSC3)C2=O)c1. The summed E-state index contributed by atoms with van der Waals surface area (Å²) in [5.41, 5.74) is 0.297. The number of carbonyl (C=O) groups is 2. The lowest BCUT2D eigenvalue weighted by Crippen LogP contribution is -2.47. The summed E-state index contributed by atoms with van der Waals surface area (Å²) in [6.45, 7) is 1.93. The van der Waals surface area contributed by atoms with E-state index in [1.54, 1.807) is 17.8 Å². The number of benzene rings is 1. The molecule has 6 nitrogen and oxygen atoms in total. The van der Waals surface area contributed by atoms with Crippen molar-refractivity contribution in [2.45, 2.75) is 25.0 Å². The highest BCUT2D eigenvalue weighted by atomic mass is 32.2. The molecule has 3 amide bonds. The van der Waals surface area contributed by atoms with E-state index in [1.165, 1.54) is 0 Å². The number of nitrogens with zero attached hydrogens (tertiary/aromatic N) is 1. The Morgan fingerprint density at radius 3 is 3.00 bits per heavy atom. The van der Waals surface area contributed by atoms with Crippen molar-refractivity contribution < 1.29 is 19.4 Å². The number of ether oxygens (including phenoxy) is 1. The number of aliphatic hydroxyl groups is 1. The number of β-amino-alcohol motifs (C(OH)–C–C–N with tert-alkyl or cyclic N) is 1. The molecule has 1 aromatic carbocycles. The van der Waals surface area contributed by atoms with Crippen molar-refractivity contribution in [2.75, 3.05) is 24.7 Å². The second kappa shape index (κ2) is 6.41. The molecule has 2 aliphatic heterocycles. The average Bonchev–Trinajstić information content (AvgIpc) is 3.07. The zero-order chi connectivity index (χ0) is 16.4. The van der Waals surface area contributed by atoms with Gasteiger partial charge in [0.1, 0.15) is 24.0 Å². The van der Waals surface area contributed by atoms with E-state index in [4.69, 9.17) is 4.74 Å². The van der Waals surface area contributed by atoms with Crippen molar-refractivity contribution >= 4 is 23.7 Å². The van der Waals surface area contributed by atoms with Crippen LogP contribution in [0.3, 0.4) is 0 Å². The first-order valence-electron chi connectivity index (χ1n) is 7.60. The van der Waals surface area contributed by atoms with Crippen LogP contribution in [0.4, 0.5) is 4.79 Å². The number of aliphatic hydroxyl groups excluding tert-OH is 1. The Balaban J connectivity index is 1.56. The number of urea groups is 1. The van der Waals surface area contributed by atoms with Gasteiger partial charge >= 0.3 is 6.03 Å². The first kappa shape index (κ1) is 16.1. The van der Waals surface area contributed by atoms with Crippen LogP contribution >= 0.6 is 11.8 Å². The van der Waals surface area contributed by atoms with Gasteiger partial charge in [-0.2, -0.15) is 11.8 Å². The Hall–Kier alpha value is -1.73. The first-order valence-corrected chi connectivity index (χ1v) is 8.75. The van der Waals surface area contributed by atoms with Crippen LogP contribution in [0.25, 0.3) is 0 Å². The van der Waals surface area contributed by atoms with E-state index in [2.05, 4.69) is 5.32 Å². The number of thioether (sulfide) groups is 1. The van der Waals surface area contributed by atoms with Gasteiger partial charge in [-0.25, -0.2) is 4.79 Å². The fourth-order valence-corrected chi connectivity index (χ4v) is 4.16. The summed E-state index contributed by atoms with van der Waals surface area (Å²) in [5, 5.41) is 12.9. The molecule has 3 rings (SSSR count). The highest BCUT2D eigenvalue weighted by molar-refractivity contribution is 7.99. The van der Waals surface area contributed by atoms with Crippen LogP contribution < -0.4 is 10.1 Å². The monoisotopic (exact) mass is 336 g/mol. The van der Waals surface area contributed by atoms with Crippen LogP contribution in [-0.4, -0.2) is 58.2 Å². The summed E-state index contributed by atoms with van der Waals surface area (Å²) in [7, 11) is 0. The molecule has 0 bridgehead atoms. The van der Waals surface area contributed by atoms with Gasteiger partial charge in [0.25, 0.3) is 5.91 Å². The van der Waals surface area contributed by atoms with Crippen LogP contribution in [0, 0.1) is 6.92 Å². The molecule has 2 fully saturated rings. The molecule has 23 heavy (non-hydrogen) atoms. The maximum Gasteiger partial charge on any atom is 0.325 e. The van der Waals surface area contributed by atoms with Gasteiger partial charge in [-0.1, -0.05) is 12.1 Å². The number of nitrogens with one attached hydrogen (secondary N) is 1. The lowest BCUT2D eigenvalue weighted by atomic mass is 9.99. The molecule has 0 radical (unpaired) electrons. The van der Waals surface area contributed by atoms with Crippen molar-refractivity contribution in [1.29, 1.82) is 0 Å². The summed E-state index contributed by atoms with van der Waals surface area (Å²) in [6, 6.07) is 7.07. The minimum Gasteiger partial charge on any atom is -0.491 e. The number of hydrogen-bond acceptors (Lipinski definition) is 5. The van der Waals surface area contributed by atoms with Gasteiger partial charge in [0.2, 0.25) is 0 Å². The lowest BCUT2D eigenvalue weighted by molar-refractivity contribution is -0.131. The molecule has 0 saturated carbocycles. The van der Waals surface area contributed by atoms with E-state index in [0.29, 0.717) is 17.9 Å². The van der Waals surface area contributed by atoms with Crippen LogP contribution in [0.1, 0.15) is 12.0 Å². The molecule has 1 spiro atoms. The molecule has 7 heteroatoms. The summed E-state index contributed by atoms with van der Waals surface area (Å²) in [5.74, 6) is 1.88. The molecular formula is C16H20N2O4S. The van der Waals surface area contributed by atoms with Gasteiger partial charge in [-0.15, -0.1) is 0 Å². The lowest BCUT2D eigenvalue weighted by Gasteiger charge is -2.21. The minimum atomic E-state index is -0.922. The summed E-state index contributed by atoms with van der Waals surface area (Å²) >= 11 is 1.66. The molecule has 2 atom stereocenters. The van der Waals surface area contributed by atoms with Crippen LogP contribution in [0.2, 0.25) is 0 Å². The quantitative estimate of drug-likeness (QED) is 0.789. The third kappa shape index (κ3) is 3.30. The number of carbonyl (C=O) groups excluding carboxylic acids is 2. The number of rotatable bonds is 5. The third-order valence-corrected chi connectivity index (χ3v) is 5.28. The summed E-state index contributed by atoms with van der Waals surface area (Å²) in [4.78, 5) is 25.6. The molecule has 124 valence electrons. The van der Waals surface area contributed by atoms with Gasteiger partial charge in [0.05, 0.1) is 6.54 Å². The fourth-order valence-electron chi connectivity index (χ4n) is 2.84. The van der Waals surface area contributed by atoms with Gasteiger partial charge in [0.15, 0.2) is 0 Å². The van der Waals surface area contributed by atoms with Crippen LogP contribution in [0.15, 0.2) is 24.3 Å². The largest absolute Gasteiger partial charge is 0.491 e. The van der Waals surface area contributed by atoms with E-state index in [1.807, 2.05) is 25.1 Å². The van der Waals surface area contributed by atoms with E-state index in [9.17, 15) is 14.7 Å². The van der Waals surface area contributed by atoms with Gasteiger partial charge in [-0.3, -0.25) is 9.69 Å². The number of hydrogen-bond donors (Lipinski definition) is 2. The van der Waals surface area contributed by atoms with E-state index in [-0.39, 0.29) is 19.1 Å². The van der Waals surface area contributed by atoms with Gasteiger partial charge in [0, 0.05) is 5.75 Å². The Bertz CT molecular complexity index is 616. The van der Waals surface area contributed by atoms with Crippen molar-refractivity contribution in [1.82, 2.24) is 10.2 Å². The highest BCUT2D eigenvalue weighted by Gasteiger charge is 2.53. The number of aryl methyl sites for hydroxylation is 1. The fraction of sp³-hybridized carbons (Fsp3) is 0.500. The second-order valence-corrected chi connectivity index (χ2v) is 7.12. The molecule has 1 aromatic rings. The van der Waals surface area contributed by atoms with Crippen LogP contribution in [0.5, 0.6) is 5.75 Å². The first-order chi connectivity index (χ1) is 11.0. The summed E-state index contributed by atoms with van der Waals surface area (Å²) < 4.78 is 5.52. The number of imide groups is 1. The molecule has 2 saturated heterocycles. The minimum absolute atomic E-state index is 0.0300. The Labute approximate surface area is 139 Å². The van der Waals surface area contributed by atoms with Crippen LogP contribution in [-0.2, 0) is 4.79 Å². The highest BCUT2D eigenvalue weighted by Crippen LogP contribution is 2.33. The Morgan fingerprint density at radius 1 is 1.48 bits per heavy atom. The zero-order valence-corrected chi connectivity index (χ0v) is 13.8. The molecule has 2 unspecified atom stereocenters. The normalized spacial score (nSPS) is 25.0. The molecule has 0 aliphatic carbocycles. The smallest absolute Gasteiger partial charge is 0.325 e. The van der Waals surface area contributed by atoms with Gasteiger partial charge in [-0.05, 0) is 36.8 Å². The molecule has 2 N–H and O–H groups in total. The Kier molecular flexibility index (Phi) is 4.50. The van der Waals surface area contributed by atoms with Crippen molar-refractivity contribution in [3.63, 3.8) is 0 Å². The average molecular weight is 336 g/mol. The van der Waals surface area contributed by atoms with Crippen molar-refractivity contribution in [2.24, 2.45) is 0 Å². The Morgan fingerprint density at radius 2 is 2.30 bits per heavy atom. The zero-order valence-electron chi connectivity index (χ0n) is 12.9. The van der Waals surface area contributed by atoms with E-state index < -0.39 is 17.7 Å². The molecular weight excluding hydrogens is 316 g/mol. The second-order valence-electron chi connectivity index (χ2n) is 6.01. The molecule has 2 aliphatic rings. The van der Waals surface area contributed by atoms with Crippen molar-refractivity contribution in [3.8, 4) is 5.75 Å². The summed E-state index contributed by atoms with van der Waals surface area (Å²) in [6.07, 6.45) is -0.274. The van der Waals surface area contributed by atoms with Gasteiger partial charge < -0.3 is 15.2 Å². The predicted molar refractivity (Wildman–Crippen MR) is 87.6 cm³/mol. The van der Waals surface area contributed by atoms with E-state index >= 15 is 0 Å². The third-order valence-electron chi connectivity index (χ3n) is 4.09. The van der Waals surface area contributed by atoms with Crippen molar-refractivity contribution in [3.05, 3.63) is 29.8 Å².